The number of hydrogen-bond donors (Lipinski definition) is 1. The Kier molecular flexibility index (Phi) is 4.74. The molecule has 0 aliphatic rings. The lowest BCUT2D eigenvalue weighted by atomic mass is 10.1. The zero-order chi connectivity index (χ0) is 14.5. The van der Waals surface area contributed by atoms with Crippen molar-refractivity contribution in [1.82, 2.24) is 24.9 Å². The van der Waals surface area contributed by atoms with E-state index in [2.05, 4.69) is 41.3 Å². The number of allylic oxidation sites excluding steroid dienone is 1. The Balaban J connectivity index is 2.03. The average molecular weight is 273 g/mol. The Bertz CT molecular complexity index is 567. The number of aromatic nitrogens is 4. The predicted octanol–water partition coefficient (Wildman–Crippen LogP) is 2.35. The van der Waals surface area contributed by atoms with Gasteiger partial charge in [-0.15, -0.1) is 6.58 Å². The number of aryl methyl sites for hydroxylation is 2. The Morgan fingerprint density at radius 3 is 2.90 bits per heavy atom. The SMILES string of the molecule is C=CCn1cc(CN[C@H](CC)c2ccnn2C)c(C)n1. The van der Waals surface area contributed by atoms with Crippen molar-refractivity contribution >= 4 is 0 Å². The van der Waals surface area contributed by atoms with E-state index in [1.54, 1.807) is 0 Å². The summed E-state index contributed by atoms with van der Waals surface area (Å²) < 4.78 is 3.85. The van der Waals surface area contributed by atoms with Crippen LogP contribution in [0.2, 0.25) is 0 Å². The first-order valence-electron chi connectivity index (χ1n) is 7.00. The Morgan fingerprint density at radius 2 is 2.30 bits per heavy atom. The highest BCUT2D eigenvalue weighted by Gasteiger charge is 2.13. The largest absolute Gasteiger partial charge is 0.304 e. The summed E-state index contributed by atoms with van der Waals surface area (Å²) in [6, 6.07) is 2.37. The van der Waals surface area contributed by atoms with E-state index < -0.39 is 0 Å². The van der Waals surface area contributed by atoms with Crippen LogP contribution >= 0.6 is 0 Å². The van der Waals surface area contributed by atoms with Gasteiger partial charge in [0.05, 0.1) is 17.9 Å². The normalized spacial score (nSPS) is 12.6. The zero-order valence-corrected chi connectivity index (χ0v) is 12.5. The molecule has 0 saturated heterocycles. The zero-order valence-electron chi connectivity index (χ0n) is 12.5. The molecule has 0 unspecified atom stereocenters. The molecule has 0 fully saturated rings. The minimum Gasteiger partial charge on any atom is -0.304 e. The quantitative estimate of drug-likeness (QED) is 0.788. The Labute approximate surface area is 120 Å². The fourth-order valence-electron chi connectivity index (χ4n) is 2.38. The van der Waals surface area contributed by atoms with Crippen molar-refractivity contribution in [1.29, 1.82) is 0 Å². The molecule has 0 spiro atoms. The molecule has 108 valence electrons. The van der Waals surface area contributed by atoms with Gasteiger partial charge in [0.15, 0.2) is 0 Å². The maximum absolute atomic E-state index is 4.47. The Morgan fingerprint density at radius 1 is 1.50 bits per heavy atom. The molecule has 0 aliphatic carbocycles. The summed E-state index contributed by atoms with van der Waals surface area (Å²) in [5.41, 5.74) is 3.51. The fraction of sp³-hybridized carbons (Fsp3) is 0.467. The second kappa shape index (κ2) is 6.52. The van der Waals surface area contributed by atoms with Crippen molar-refractivity contribution in [2.24, 2.45) is 7.05 Å². The maximum atomic E-state index is 4.47. The molecular formula is C15H23N5. The first kappa shape index (κ1) is 14.5. The van der Waals surface area contributed by atoms with Crippen LogP contribution in [0.15, 0.2) is 31.1 Å². The lowest BCUT2D eigenvalue weighted by Gasteiger charge is -2.17. The molecule has 5 heteroatoms. The van der Waals surface area contributed by atoms with Crippen LogP contribution in [0.3, 0.4) is 0 Å². The van der Waals surface area contributed by atoms with Gasteiger partial charge in [0, 0.05) is 37.6 Å². The summed E-state index contributed by atoms with van der Waals surface area (Å²) in [6.07, 6.45) is 6.81. The van der Waals surface area contributed by atoms with Crippen LogP contribution in [0, 0.1) is 6.92 Å². The lowest BCUT2D eigenvalue weighted by molar-refractivity contribution is 0.482. The van der Waals surface area contributed by atoms with Gasteiger partial charge in [-0.1, -0.05) is 13.0 Å². The summed E-state index contributed by atoms with van der Waals surface area (Å²) in [5.74, 6) is 0. The molecule has 5 nitrogen and oxygen atoms in total. The van der Waals surface area contributed by atoms with Crippen molar-refractivity contribution in [3.8, 4) is 0 Å². The minimum absolute atomic E-state index is 0.310. The standard InChI is InChI=1S/C15H23N5/c1-5-9-20-11-13(12(3)18-20)10-16-14(6-2)15-7-8-17-19(15)4/h5,7-8,11,14,16H,1,6,9-10H2,2-4H3/t14-/m1/s1. The first-order valence-corrected chi connectivity index (χ1v) is 7.00. The average Bonchev–Trinajstić information content (AvgIpc) is 2.98. The van der Waals surface area contributed by atoms with Crippen molar-refractivity contribution < 1.29 is 0 Å². The van der Waals surface area contributed by atoms with Crippen LogP contribution in [0.4, 0.5) is 0 Å². The first-order chi connectivity index (χ1) is 9.65. The second-order valence-electron chi connectivity index (χ2n) is 4.97. The third kappa shape index (κ3) is 3.17. The van der Waals surface area contributed by atoms with E-state index in [0.29, 0.717) is 6.04 Å². The molecule has 0 aliphatic heterocycles. The van der Waals surface area contributed by atoms with E-state index in [1.165, 1.54) is 11.3 Å². The van der Waals surface area contributed by atoms with Crippen molar-refractivity contribution in [2.45, 2.75) is 39.4 Å². The van der Waals surface area contributed by atoms with Crippen LogP contribution in [-0.4, -0.2) is 19.6 Å². The van der Waals surface area contributed by atoms with Gasteiger partial charge < -0.3 is 5.32 Å². The van der Waals surface area contributed by atoms with Crippen LogP contribution in [0.5, 0.6) is 0 Å². The molecule has 0 saturated carbocycles. The highest BCUT2D eigenvalue weighted by molar-refractivity contribution is 5.16. The molecule has 1 atom stereocenters. The van der Waals surface area contributed by atoms with Gasteiger partial charge in [-0.2, -0.15) is 10.2 Å². The van der Waals surface area contributed by atoms with Crippen LogP contribution in [0.25, 0.3) is 0 Å². The summed E-state index contributed by atoms with van der Waals surface area (Å²) in [7, 11) is 1.98. The molecule has 0 bridgehead atoms. The second-order valence-corrected chi connectivity index (χ2v) is 4.97. The number of nitrogens with zero attached hydrogens (tertiary/aromatic N) is 4. The molecule has 2 heterocycles. The van der Waals surface area contributed by atoms with Crippen LogP contribution < -0.4 is 5.32 Å². The topological polar surface area (TPSA) is 47.7 Å². The molecule has 0 amide bonds. The molecule has 0 radical (unpaired) electrons. The highest BCUT2D eigenvalue weighted by atomic mass is 15.3. The maximum Gasteiger partial charge on any atom is 0.0638 e. The minimum atomic E-state index is 0.310. The molecule has 20 heavy (non-hydrogen) atoms. The van der Waals surface area contributed by atoms with Gasteiger partial charge in [-0.05, 0) is 19.4 Å². The smallest absolute Gasteiger partial charge is 0.0638 e. The van der Waals surface area contributed by atoms with E-state index in [1.807, 2.05) is 35.6 Å². The molecule has 2 aromatic heterocycles. The van der Waals surface area contributed by atoms with Gasteiger partial charge >= 0.3 is 0 Å². The van der Waals surface area contributed by atoms with E-state index >= 15 is 0 Å². The van der Waals surface area contributed by atoms with Gasteiger partial charge in [-0.25, -0.2) is 0 Å². The van der Waals surface area contributed by atoms with Crippen molar-refractivity contribution in [3.63, 3.8) is 0 Å². The molecule has 2 rings (SSSR count). The number of rotatable bonds is 7. The molecule has 0 aromatic carbocycles. The summed E-state index contributed by atoms with van der Waals surface area (Å²) in [6.45, 7) is 9.52. The van der Waals surface area contributed by atoms with E-state index in [4.69, 9.17) is 0 Å². The fourth-order valence-corrected chi connectivity index (χ4v) is 2.38. The van der Waals surface area contributed by atoms with Crippen molar-refractivity contribution in [3.05, 3.63) is 48.1 Å². The summed E-state index contributed by atoms with van der Waals surface area (Å²) >= 11 is 0. The van der Waals surface area contributed by atoms with Gasteiger partial charge in [-0.3, -0.25) is 9.36 Å². The van der Waals surface area contributed by atoms with E-state index in [9.17, 15) is 0 Å². The summed E-state index contributed by atoms with van der Waals surface area (Å²) in [5, 5.41) is 12.3. The molecular weight excluding hydrogens is 250 g/mol. The molecule has 1 N–H and O–H groups in total. The lowest BCUT2D eigenvalue weighted by Crippen LogP contribution is -2.22. The van der Waals surface area contributed by atoms with Gasteiger partial charge in [0.2, 0.25) is 0 Å². The predicted molar refractivity (Wildman–Crippen MR) is 80.2 cm³/mol. The van der Waals surface area contributed by atoms with Crippen molar-refractivity contribution in [2.75, 3.05) is 0 Å². The number of nitrogens with one attached hydrogen (secondary N) is 1. The van der Waals surface area contributed by atoms with Gasteiger partial charge in [0.25, 0.3) is 0 Å². The molecule has 2 aromatic rings. The van der Waals surface area contributed by atoms with E-state index in [-0.39, 0.29) is 0 Å². The summed E-state index contributed by atoms with van der Waals surface area (Å²) in [4.78, 5) is 0. The monoisotopic (exact) mass is 273 g/mol. The highest BCUT2D eigenvalue weighted by Crippen LogP contribution is 2.16. The van der Waals surface area contributed by atoms with E-state index in [0.717, 1.165) is 25.2 Å². The third-order valence-electron chi connectivity index (χ3n) is 3.53. The van der Waals surface area contributed by atoms with Crippen LogP contribution in [0.1, 0.15) is 36.3 Å². The third-order valence-corrected chi connectivity index (χ3v) is 3.53. The van der Waals surface area contributed by atoms with Gasteiger partial charge in [0.1, 0.15) is 0 Å². The van der Waals surface area contributed by atoms with Crippen LogP contribution in [-0.2, 0) is 20.1 Å². The Hall–Kier alpha value is -1.88. The number of hydrogen-bond acceptors (Lipinski definition) is 3.